The molecule has 0 unspecified atom stereocenters. The molecule has 1 aromatic rings. The molecule has 0 fully saturated rings. The molecule has 0 atom stereocenters. The van der Waals surface area contributed by atoms with E-state index in [1.807, 2.05) is 13.8 Å². The molecule has 0 N–H and O–H groups in total. The fraction of sp³-hybridized carbons (Fsp3) is 0.647. The molecule has 0 heterocycles. The van der Waals surface area contributed by atoms with Gasteiger partial charge in [-0.05, 0) is 50.8 Å². The maximum Gasteiger partial charge on any atom is 0.500 e. The Balaban J connectivity index is 2.33. The largest absolute Gasteiger partial charge is 0.500 e. The monoisotopic (exact) mass is 364 g/mol. The molecule has 0 aliphatic rings. The number of unbranched alkanes of at least 4 members (excludes halogenated alkanes) is 3. The highest BCUT2D eigenvalue weighted by molar-refractivity contribution is 6.60. The van der Waals surface area contributed by atoms with Crippen molar-refractivity contribution in [2.75, 3.05) is 20.3 Å². The zero-order valence-electron chi connectivity index (χ0n) is 14.7. The Kier molecular flexibility index (Phi) is 9.58. The van der Waals surface area contributed by atoms with Crippen LogP contribution in [0.1, 0.15) is 45.1 Å². The zero-order valence-corrected chi connectivity index (χ0v) is 15.7. The van der Waals surface area contributed by atoms with Crippen molar-refractivity contribution >= 4 is 8.80 Å². The maximum atomic E-state index is 13.1. The van der Waals surface area contributed by atoms with E-state index < -0.39 is 26.3 Å². The van der Waals surface area contributed by atoms with Crippen LogP contribution >= 0.6 is 0 Å². The smallest absolute Gasteiger partial charge is 0.377 e. The van der Waals surface area contributed by atoms with Crippen LogP contribution in [0.4, 0.5) is 13.2 Å². The molecule has 1 rings (SSSR count). The number of rotatable bonds is 12. The predicted octanol–water partition coefficient (Wildman–Crippen LogP) is 4.87. The number of aryl methyl sites for hydroxylation is 1. The molecular formula is C17H27F3O3Si. The molecule has 7 heteroatoms. The normalized spacial score (nSPS) is 11.9. The van der Waals surface area contributed by atoms with Crippen LogP contribution in [0.25, 0.3) is 0 Å². The Labute approximate surface area is 143 Å². The summed E-state index contributed by atoms with van der Waals surface area (Å²) in [7, 11) is -0.935. The van der Waals surface area contributed by atoms with Gasteiger partial charge in [0.15, 0.2) is 17.5 Å². The Morgan fingerprint density at radius 2 is 1.42 bits per heavy atom. The highest BCUT2D eigenvalue weighted by Crippen LogP contribution is 2.20. The van der Waals surface area contributed by atoms with Crippen molar-refractivity contribution in [3.05, 3.63) is 35.1 Å². The molecule has 1 aromatic carbocycles. The summed E-state index contributed by atoms with van der Waals surface area (Å²) in [5.74, 6) is -3.67. The lowest BCUT2D eigenvalue weighted by Crippen LogP contribution is -2.44. The highest BCUT2D eigenvalue weighted by atomic mass is 28.4. The standard InChI is InChI=1S/C17H27F3O3Si/c1-4-22-24(21-3,23-5-2)11-9-7-6-8-10-14-12-15(18)17(20)16(19)13-14/h12-13H,4-11H2,1-3H3. The third kappa shape index (κ3) is 6.55. The van der Waals surface area contributed by atoms with Gasteiger partial charge < -0.3 is 13.3 Å². The summed E-state index contributed by atoms with van der Waals surface area (Å²) in [6.45, 7) is 4.95. The zero-order chi connectivity index (χ0) is 18.0. The summed E-state index contributed by atoms with van der Waals surface area (Å²) in [5, 5.41) is 0. The van der Waals surface area contributed by atoms with Crippen LogP contribution in [0.2, 0.25) is 6.04 Å². The van der Waals surface area contributed by atoms with Gasteiger partial charge in [0.25, 0.3) is 0 Å². The van der Waals surface area contributed by atoms with Crippen LogP contribution in [-0.2, 0) is 19.7 Å². The second kappa shape index (κ2) is 10.9. The topological polar surface area (TPSA) is 27.7 Å². The molecule has 0 bridgehead atoms. The van der Waals surface area contributed by atoms with Gasteiger partial charge in [0.1, 0.15) is 0 Å². The maximum absolute atomic E-state index is 13.1. The van der Waals surface area contributed by atoms with E-state index in [-0.39, 0.29) is 0 Å². The summed E-state index contributed by atoms with van der Waals surface area (Å²) in [6, 6.07) is 2.88. The molecule has 0 aliphatic carbocycles. The van der Waals surface area contributed by atoms with Crippen LogP contribution < -0.4 is 0 Å². The van der Waals surface area contributed by atoms with Crippen molar-refractivity contribution in [2.45, 2.75) is 52.0 Å². The molecule has 3 nitrogen and oxygen atoms in total. The van der Waals surface area contributed by atoms with Crippen LogP contribution in [0.3, 0.4) is 0 Å². The highest BCUT2D eigenvalue weighted by Gasteiger charge is 2.38. The van der Waals surface area contributed by atoms with E-state index in [4.69, 9.17) is 13.3 Å². The van der Waals surface area contributed by atoms with Gasteiger partial charge in [-0.1, -0.05) is 12.8 Å². The van der Waals surface area contributed by atoms with E-state index in [1.54, 1.807) is 7.11 Å². The van der Waals surface area contributed by atoms with Crippen LogP contribution in [0.15, 0.2) is 12.1 Å². The SMILES string of the molecule is CCO[Si](CCCCCCc1cc(F)c(F)c(F)c1)(OC)OCC. The number of halogens is 3. The summed E-state index contributed by atoms with van der Waals surface area (Å²) in [5.41, 5.74) is 0.482. The fourth-order valence-corrected chi connectivity index (χ4v) is 5.00. The predicted molar refractivity (Wildman–Crippen MR) is 89.3 cm³/mol. The van der Waals surface area contributed by atoms with E-state index in [0.29, 0.717) is 25.2 Å². The Morgan fingerprint density at radius 3 is 1.92 bits per heavy atom. The minimum absolute atomic E-state index is 0.482. The number of benzene rings is 1. The van der Waals surface area contributed by atoms with Crippen molar-refractivity contribution < 1.29 is 26.4 Å². The first-order valence-electron chi connectivity index (χ1n) is 8.44. The first kappa shape index (κ1) is 21.2. The summed E-state index contributed by atoms with van der Waals surface area (Å²) in [6.07, 6.45) is 4.08. The molecule has 0 saturated heterocycles. The lowest BCUT2D eigenvalue weighted by Gasteiger charge is -2.27. The van der Waals surface area contributed by atoms with Gasteiger partial charge in [-0.15, -0.1) is 0 Å². The second-order valence-electron chi connectivity index (χ2n) is 5.54. The van der Waals surface area contributed by atoms with Crippen LogP contribution in [0, 0.1) is 17.5 Å². The van der Waals surface area contributed by atoms with Crippen molar-refractivity contribution in [2.24, 2.45) is 0 Å². The van der Waals surface area contributed by atoms with Crippen molar-refractivity contribution in [1.29, 1.82) is 0 Å². The minimum Gasteiger partial charge on any atom is -0.377 e. The Morgan fingerprint density at radius 1 is 0.875 bits per heavy atom. The van der Waals surface area contributed by atoms with Crippen molar-refractivity contribution in [3.8, 4) is 0 Å². The molecule has 138 valence electrons. The van der Waals surface area contributed by atoms with E-state index in [2.05, 4.69) is 0 Å². The molecule has 0 saturated carbocycles. The van der Waals surface area contributed by atoms with Gasteiger partial charge in [0.2, 0.25) is 0 Å². The van der Waals surface area contributed by atoms with Gasteiger partial charge in [0, 0.05) is 26.4 Å². The fourth-order valence-electron chi connectivity index (χ4n) is 2.62. The van der Waals surface area contributed by atoms with Crippen LogP contribution in [0.5, 0.6) is 0 Å². The molecule has 0 amide bonds. The Bertz CT molecular complexity index is 471. The van der Waals surface area contributed by atoms with Gasteiger partial charge in [-0.2, -0.15) is 0 Å². The third-order valence-corrected chi connectivity index (χ3v) is 6.83. The first-order valence-corrected chi connectivity index (χ1v) is 10.4. The average molecular weight is 364 g/mol. The lowest BCUT2D eigenvalue weighted by atomic mass is 10.1. The molecular weight excluding hydrogens is 337 g/mol. The molecule has 0 aliphatic heterocycles. The van der Waals surface area contributed by atoms with Gasteiger partial charge in [0.05, 0.1) is 0 Å². The summed E-state index contributed by atoms with van der Waals surface area (Å²) < 4.78 is 56.1. The third-order valence-electron chi connectivity index (χ3n) is 3.78. The summed E-state index contributed by atoms with van der Waals surface area (Å²) >= 11 is 0. The molecule has 0 radical (unpaired) electrons. The van der Waals surface area contributed by atoms with E-state index in [0.717, 1.165) is 43.9 Å². The molecule has 24 heavy (non-hydrogen) atoms. The quantitative estimate of drug-likeness (QED) is 0.301. The second-order valence-corrected chi connectivity index (χ2v) is 8.39. The van der Waals surface area contributed by atoms with Crippen LogP contribution in [-0.4, -0.2) is 29.1 Å². The molecule has 0 aromatic heterocycles. The average Bonchev–Trinajstić information content (AvgIpc) is 2.56. The minimum atomic E-state index is -2.56. The van der Waals surface area contributed by atoms with Gasteiger partial charge in [-0.25, -0.2) is 13.2 Å². The van der Waals surface area contributed by atoms with Gasteiger partial charge in [-0.3, -0.25) is 0 Å². The van der Waals surface area contributed by atoms with E-state index in [9.17, 15) is 13.2 Å². The lowest BCUT2D eigenvalue weighted by molar-refractivity contribution is 0.0859. The number of hydrogen-bond donors (Lipinski definition) is 0. The van der Waals surface area contributed by atoms with E-state index >= 15 is 0 Å². The molecule has 0 spiro atoms. The Hall–Kier alpha value is -0.893. The first-order chi connectivity index (χ1) is 11.5. The number of hydrogen-bond acceptors (Lipinski definition) is 3. The summed E-state index contributed by atoms with van der Waals surface area (Å²) in [4.78, 5) is 0. The van der Waals surface area contributed by atoms with E-state index in [1.165, 1.54) is 0 Å². The van der Waals surface area contributed by atoms with Gasteiger partial charge >= 0.3 is 8.80 Å². The van der Waals surface area contributed by atoms with Crippen molar-refractivity contribution in [1.82, 2.24) is 0 Å². The van der Waals surface area contributed by atoms with Crippen molar-refractivity contribution in [3.63, 3.8) is 0 Å².